The summed E-state index contributed by atoms with van der Waals surface area (Å²) in [5, 5.41) is 9.82. The zero-order chi connectivity index (χ0) is 16.4. The summed E-state index contributed by atoms with van der Waals surface area (Å²) in [7, 11) is 1.57. The van der Waals surface area contributed by atoms with Crippen LogP contribution in [0.5, 0.6) is 6.01 Å². The van der Waals surface area contributed by atoms with Crippen LogP contribution in [0.4, 0.5) is 4.39 Å². The highest BCUT2D eigenvalue weighted by atomic mass is 19.1. The summed E-state index contributed by atoms with van der Waals surface area (Å²) in [5.41, 5.74) is 1.08. The second-order valence-corrected chi connectivity index (χ2v) is 5.00. The number of ether oxygens (including phenoxy) is 1. The molecule has 1 aromatic heterocycles. The SMILES string of the molecule is CN1CC(c2ncnc(OCc3ccc(F)cc3)n2)=C(O)C1=O. The van der Waals surface area contributed by atoms with Crippen molar-refractivity contribution in [2.45, 2.75) is 6.61 Å². The van der Waals surface area contributed by atoms with Gasteiger partial charge in [0.05, 0.1) is 12.1 Å². The number of hydrogen-bond donors (Lipinski definition) is 1. The summed E-state index contributed by atoms with van der Waals surface area (Å²) in [6.07, 6.45) is 1.24. The minimum absolute atomic E-state index is 0.0571. The fourth-order valence-electron chi connectivity index (χ4n) is 2.10. The first kappa shape index (κ1) is 14.9. The average Bonchev–Trinajstić information content (AvgIpc) is 2.82. The predicted octanol–water partition coefficient (Wildman–Crippen LogP) is 1.33. The van der Waals surface area contributed by atoms with Crippen molar-refractivity contribution in [2.24, 2.45) is 0 Å². The molecule has 3 rings (SSSR count). The monoisotopic (exact) mass is 316 g/mol. The number of hydrogen-bond acceptors (Lipinski definition) is 6. The van der Waals surface area contributed by atoms with Crippen LogP contribution in [0.2, 0.25) is 0 Å². The van der Waals surface area contributed by atoms with Gasteiger partial charge in [-0.3, -0.25) is 4.79 Å². The molecule has 0 aliphatic carbocycles. The van der Waals surface area contributed by atoms with Crippen LogP contribution >= 0.6 is 0 Å². The third kappa shape index (κ3) is 3.10. The number of halogens is 1. The maximum absolute atomic E-state index is 12.8. The molecular formula is C15H13FN4O3. The molecule has 2 heterocycles. The van der Waals surface area contributed by atoms with E-state index in [-0.39, 0.29) is 36.6 Å². The lowest BCUT2D eigenvalue weighted by molar-refractivity contribution is -0.126. The first-order valence-corrected chi connectivity index (χ1v) is 6.79. The summed E-state index contributed by atoms with van der Waals surface area (Å²) in [4.78, 5) is 24.9. The zero-order valence-electron chi connectivity index (χ0n) is 12.2. The molecule has 0 spiro atoms. The number of benzene rings is 1. The molecule has 1 aliphatic rings. The first-order valence-electron chi connectivity index (χ1n) is 6.79. The van der Waals surface area contributed by atoms with E-state index in [0.29, 0.717) is 5.57 Å². The Morgan fingerprint density at radius 3 is 2.70 bits per heavy atom. The largest absolute Gasteiger partial charge is 0.503 e. The number of likely N-dealkylation sites (N-methyl/N-ethyl adjacent to an activating group) is 1. The van der Waals surface area contributed by atoms with Crippen molar-refractivity contribution in [1.29, 1.82) is 0 Å². The highest BCUT2D eigenvalue weighted by Gasteiger charge is 2.30. The van der Waals surface area contributed by atoms with Crippen LogP contribution in [0.3, 0.4) is 0 Å². The number of aliphatic hydroxyl groups is 1. The second-order valence-electron chi connectivity index (χ2n) is 5.00. The molecule has 0 unspecified atom stereocenters. The van der Waals surface area contributed by atoms with E-state index < -0.39 is 5.91 Å². The molecule has 0 bridgehead atoms. The molecule has 23 heavy (non-hydrogen) atoms. The van der Waals surface area contributed by atoms with Gasteiger partial charge in [0.1, 0.15) is 18.8 Å². The van der Waals surface area contributed by atoms with E-state index in [4.69, 9.17) is 4.74 Å². The van der Waals surface area contributed by atoms with Crippen LogP contribution in [0, 0.1) is 5.82 Å². The van der Waals surface area contributed by atoms with E-state index in [2.05, 4.69) is 15.0 Å². The van der Waals surface area contributed by atoms with Gasteiger partial charge < -0.3 is 14.7 Å². The van der Waals surface area contributed by atoms with Crippen LogP contribution in [0.15, 0.2) is 36.4 Å². The van der Waals surface area contributed by atoms with Crippen molar-refractivity contribution in [2.75, 3.05) is 13.6 Å². The molecular weight excluding hydrogens is 303 g/mol. The normalized spacial score (nSPS) is 14.5. The molecule has 2 aromatic rings. The zero-order valence-corrected chi connectivity index (χ0v) is 12.2. The number of aliphatic hydroxyl groups excluding tert-OH is 1. The number of nitrogens with zero attached hydrogens (tertiary/aromatic N) is 4. The number of carbonyl (C=O) groups is 1. The minimum atomic E-state index is -0.478. The Labute approximate surface area is 131 Å². The number of aromatic nitrogens is 3. The lowest BCUT2D eigenvalue weighted by Gasteiger charge is -2.07. The Kier molecular flexibility index (Phi) is 3.88. The van der Waals surface area contributed by atoms with Crippen molar-refractivity contribution in [3.8, 4) is 6.01 Å². The highest BCUT2D eigenvalue weighted by molar-refractivity contribution is 6.02. The van der Waals surface area contributed by atoms with Crippen molar-refractivity contribution < 1.29 is 19.0 Å². The van der Waals surface area contributed by atoms with E-state index in [0.717, 1.165) is 5.56 Å². The van der Waals surface area contributed by atoms with Gasteiger partial charge in [-0.05, 0) is 17.7 Å². The van der Waals surface area contributed by atoms with Gasteiger partial charge in [0.25, 0.3) is 5.91 Å². The van der Waals surface area contributed by atoms with Gasteiger partial charge in [0.2, 0.25) is 0 Å². The van der Waals surface area contributed by atoms with Crippen LogP contribution in [-0.4, -0.2) is 44.5 Å². The third-order valence-corrected chi connectivity index (χ3v) is 3.33. The standard InChI is InChI=1S/C15H13FN4O3/c1-20-6-11(12(21)14(20)22)13-17-8-18-15(19-13)23-7-9-2-4-10(16)5-3-9/h2-5,8,21H,6-7H2,1H3. The molecule has 7 nitrogen and oxygen atoms in total. The average molecular weight is 316 g/mol. The Morgan fingerprint density at radius 2 is 2.04 bits per heavy atom. The Morgan fingerprint density at radius 1 is 1.30 bits per heavy atom. The van der Waals surface area contributed by atoms with E-state index in [1.807, 2.05) is 0 Å². The molecule has 1 aromatic carbocycles. The second kappa shape index (κ2) is 5.99. The van der Waals surface area contributed by atoms with Crippen LogP contribution in [0.25, 0.3) is 5.57 Å². The molecule has 1 amide bonds. The van der Waals surface area contributed by atoms with Crippen molar-refractivity contribution in [3.05, 3.63) is 53.6 Å². The molecule has 1 N–H and O–H groups in total. The van der Waals surface area contributed by atoms with Gasteiger partial charge in [-0.2, -0.15) is 9.97 Å². The quantitative estimate of drug-likeness (QED) is 0.915. The molecule has 0 fully saturated rings. The molecule has 0 saturated carbocycles. The topological polar surface area (TPSA) is 88.4 Å². The Balaban J connectivity index is 1.75. The molecule has 0 saturated heterocycles. The summed E-state index contributed by atoms with van der Waals surface area (Å²) >= 11 is 0. The van der Waals surface area contributed by atoms with Gasteiger partial charge in [0, 0.05) is 7.05 Å². The minimum Gasteiger partial charge on any atom is -0.503 e. The highest BCUT2D eigenvalue weighted by Crippen LogP contribution is 2.23. The Hall–Kier alpha value is -3.03. The number of amides is 1. The third-order valence-electron chi connectivity index (χ3n) is 3.33. The fraction of sp³-hybridized carbons (Fsp3) is 0.200. The molecule has 118 valence electrons. The smallest absolute Gasteiger partial charge is 0.320 e. The Bertz CT molecular complexity index is 777. The van der Waals surface area contributed by atoms with Gasteiger partial charge in [-0.1, -0.05) is 12.1 Å². The van der Waals surface area contributed by atoms with Crippen LogP contribution in [-0.2, 0) is 11.4 Å². The predicted molar refractivity (Wildman–Crippen MR) is 77.7 cm³/mol. The van der Waals surface area contributed by atoms with E-state index in [1.165, 1.54) is 23.4 Å². The molecule has 8 heteroatoms. The van der Waals surface area contributed by atoms with Crippen molar-refractivity contribution in [1.82, 2.24) is 19.9 Å². The number of carbonyl (C=O) groups excluding carboxylic acids is 1. The number of rotatable bonds is 4. The van der Waals surface area contributed by atoms with Crippen LogP contribution in [0.1, 0.15) is 11.4 Å². The van der Waals surface area contributed by atoms with Gasteiger partial charge >= 0.3 is 6.01 Å². The summed E-state index contributed by atoms with van der Waals surface area (Å²) in [5.74, 6) is -0.990. The molecule has 0 atom stereocenters. The summed E-state index contributed by atoms with van der Waals surface area (Å²) < 4.78 is 18.3. The first-order chi connectivity index (χ1) is 11.0. The lowest BCUT2D eigenvalue weighted by Crippen LogP contribution is -2.21. The van der Waals surface area contributed by atoms with E-state index in [9.17, 15) is 14.3 Å². The van der Waals surface area contributed by atoms with Crippen molar-refractivity contribution in [3.63, 3.8) is 0 Å². The van der Waals surface area contributed by atoms with E-state index >= 15 is 0 Å². The van der Waals surface area contributed by atoms with Gasteiger partial charge in [-0.25, -0.2) is 9.37 Å². The summed E-state index contributed by atoms with van der Waals surface area (Å²) in [6.45, 7) is 0.375. The van der Waals surface area contributed by atoms with Gasteiger partial charge in [0.15, 0.2) is 11.6 Å². The molecule has 0 radical (unpaired) electrons. The lowest BCUT2D eigenvalue weighted by atomic mass is 10.2. The maximum atomic E-state index is 12.8. The maximum Gasteiger partial charge on any atom is 0.320 e. The van der Waals surface area contributed by atoms with Gasteiger partial charge in [-0.15, -0.1) is 0 Å². The van der Waals surface area contributed by atoms with Crippen LogP contribution < -0.4 is 4.74 Å². The molecule has 1 aliphatic heterocycles. The van der Waals surface area contributed by atoms with E-state index in [1.54, 1.807) is 19.2 Å². The van der Waals surface area contributed by atoms with Crippen molar-refractivity contribution >= 4 is 11.5 Å². The fourth-order valence-corrected chi connectivity index (χ4v) is 2.10. The summed E-state index contributed by atoms with van der Waals surface area (Å²) in [6, 6.07) is 5.91.